The molecule has 1 aromatic rings. The lowest BCUT2D eigenvalue weighted by atomic mass is 10.2. The van der Waals surface area contributed by atoms with Crippen molar-refractivity contribution in [2.75, 3.05) is 19.6 Å². The Morgan fingerprint density at radius 3 is 2.63 bits per heavy atom. The lowest BCUT2D eigenvalue weighted by molar-refractivity contribution is -0.116. The Bertz CT molecular complexity index is 374. The fraction of sp³-hybridized carbons (Fsp3) is 0.500. The minimum Gasteiger partial charge on any atom is -0.310 e. The zero-order chi connectivity index (χ0) is 13.8. The van der Waals surface area contributed by atoms with Gasteiger partial charge in [0, 0.05) is 12.8 Å². The number of hydrogen-bond donors (Lipinski definition) is 1. The Morgan fingerprint density at radius 1 is 1.16 bits per heavy atom. The Balaban J connectivity index is 1.91. The molecule has 19 heavy (non-hydrogen) atoms. The third kappa shape index (κ3) is 9.14. The van der Waals surface area contributed by atoms with Crippen LogP contribution in [0.5, 0.6) is 0 Å². The number of hydrogen-bond acceptors (Lipinski definition) is 3. The molecule has 3 nitrogen and oxygen atoms in total. The van der Waals surface area contributed by atoms with Gasteiger partial charge >= 0.3 is 0 Å². The summed E-state index contributed by atoms with van der Waals surface area (Å²) >= 11 is 0. The van der Waals surface area contributed by atoms with Crippen LogP contribution in [0.25, 0.3) is 0 Å². The van der Waals surface area contributed by atoms with Crippen LogP contribution in [0.4, 0.5) is 0 Å². The number of nitrogens with one attached hydrogen (secondary N) is 1. The molecule has 0 heterocycles. The molecule has 0 aliphatic heterocycles. The molecule has 104 valence electrons. The smallest absolute Gasteiger partial charge is 0.143 e. The van der Waals surface area contributed by atoms with Gasteiger partial charge in [-0.2, -0.15) is 0 Å². The van der Waals surface area contributed by atoms with Crippen molar-refractivity contribution in [1.82, 2.24) is 5.32 Å². The number of carbonyl (C=O) groups excluding carboxylic acids is 1. The second-order valence-corrected chi connectivity index (χ2v) is 4.74. The highest BCUT2D eigenvalue weighted by Crippen LogP contribution is 2.00. The van der Waals surface area contributed by atoms with Crippen LogP contribution in [0.15, 0.2) is 35.3 Å². The molecule has 0 spiro atoms. The van der Waals surface area contributed by atoms with E-state index >= 15 is 0 Å². The van der Waals surface area contributed by atoms with Crippen LogP contribution in [-0.4, -0.2) is 31.6 Å². The van der Waals surface area contributed by atoms with Gasteiger partial charge in [0.25, 0.3) is 0 Å². The van der Waals surface area contributed by atoms with Crippen molar-refractivity contribution < 1.29 is 4.79 Å². The summed E-state index contributed by atoms with van der Waals surface area (Å²) in [5.74, 6) is 0.204. The van der Waals surface area contributed by atoms with Gasteiger partial charge in [0.2, 0.25) is 0 Å². The molecule has 0 saturated heterocycles. The Morgan fingerprint density at radius 2 is 1.89 bits per heavy atom. The maximum absolute atomic E-state index is 10.7. The Hall–Kier alpha value is -1.48. The van der Waals surface area contributed by atoms with E-state index in [1.165, 1.54) is 12.8 Å². The first-order valence-electron chi connectivity index (χ1n) is 7.04. The van der Waals surface area contributed by atoms with Crippen molar-refractivity contribution in [3.05, 3.63) is 35.9 Å². The van der Waals surface area contributed by atoms with Gasteiger partial charge in [-0.15, -0.1) is 0 Å². The molecule has 1 aromatic carbocycles. The normalized spacial score (nSPS) is 11.0. The molecule has 0 bridgehead atoms. The Kier molecular flexibility index (Phi) is 8.56. The molecule has 0 saturated carbocycles. The summed E-state index contributed by atoms with van der Waals surface area (Å²) in [5.41, 5.74) is 1.16. The molecule has 1 N–H and O–H groups in total. The summed E-state index contributed by atoms with van der Waals surface area (Å²) in [6.45, 7) is 3.95. The third-order valence-electron chi connectivity index (χ3n) is 2.80. The van der Waals surface area contributed by atoms with E-state index in [0.717, 1.165) is 31.5 Å². The highest BCUT2D eigenvalue weighted by Gasteiger charge is 1.92. The average molecular weight is 260 g/mol. The van der Waals surface area contributed by atoms with Crippen LogP contribution in [0, 0.1) is 0 Å². The molecule has 3 heteroatoms. The van der Waals surface area contributed by atoms with E-state index in [9.17, 15) is 4.79 Å². The summed E-state index contributed by atoms with van der Waals surface area (Å²) in [4.78, 5) is 15.1. The van der Waals surface area contributed by atoms with Gasteiger partial charge in [0.15, 0.2) is 0 Å². The van der Waals surface area contributed by atoms with Crippen LogP contribution in [0.1, 0.15) is 38.2 Å². The van der Waals surface area contributed by atoms with E-state index < -0.39 is 0 Å². The first kappa shape index (κ1) is 15.6. The van der Waals surface area contributed by atoms with E-state index in [-0.39, 0.29) is 5.78 Å². The molecule has 0 fully saturated rings. The predicted octanol–water partition coefficient (Wildman–Crippen LogP) is 2.84. The van der Waals surface area contributed by atoms with Crippen molar-refractivity contribution in [2.24, 2.45) is 4.99 Å². The van der Waals surface area contributed by atoms with Crippen molar-refractivity contribution in [2.45, 2.75) is 32.6 Å². The maximum Gasteiger partial charge on any atom is 0.143 e. The molecule has 1 rings (SSSR count). The average Bonchev–Trinajstić information content (AvgIpc) is 2.42. The fourth-order valence-corrected chi connectivity index (χ4v) is 1.78. The fourth-order valence-electron chi connectivity index (χ4n) is 1.78. The summed E-state index contributed by atoms with van der Waals surface area (Å²) in [7, 11) is 0. The molecular weight excluding hydrogens is 236 g/mol. The number of ketones is 1. The number of unbranched alkanes of at least 4 members (excludes halogenated alkanes) is 3. The summed E-state index contributed by atoms with van der Waals surface area (Å²) in [6.07, 6.45) is 6.61. The lowest BCUT2D eigenvalue weighted by Gasteiger charge is -2.01. The third-order valence-corrected chi connectivity index (χ3v) is 2.80. The minimum absolute atomic E-state index is 0.204. The quantitative estimate of drug-likeness (QED) is 0.519. The van der Waals surface area contributed by atoms with Gasteiger partial charge in [-0.1, -0.05) is 43.2 Å². The van der Waals surface area contributed by atoms with Crippen molar-refractivity contribution in [1.29, 1.82) is 0 Å². The first-order chi connectivity index (χ1) is 9.29. The summed E-state index contributed by atoms with van der Waals surface area (Å²) in [6, 6.07) is 10.2. The van der Waals surface area contributed by atoms with Gasteiger partial charge in [0.1, 0.15) is 5.78 Å². The second-order valence-electron chi connectivity index (χ2n) is 4.74. The van der Waals surface area contributed by atoms with Crippen LogP contribution < -0.4 is 5.32 Å². The number of nitrogens with zero attached hydrogens (tertiary/aromatic N) is 1. The predicted molar refractivity (Wildman–Crippen MR) is 80.9 cm³/mol. The number of benzene rings is 1. The van der Waals surface area contributed by atoms with Gasteiger partial charge in [-0.25, -0.2) is 0 Å². The number of Topliss-reactive ketones (excluding diaryl/α,β-unsaturated/α-hetero) is 1. The van der Waals surface area contributed by atoms with Gasteiger partial charge < -0.3 is 5.32 Å². The standard InChI is InChI=1S/C16H24N2O/c1-15(19)13-17-11-7-2-3-8-12-18-14-16-9-5-4-6-10-16/h4-6,9-10,14,17H,2-3,7-8,11-13H2,1H3/b18-14+. The number of carbonyl (C=O) groups is 1. The summed E-state index contributed by atoms with van der Waals surface area (Å²) < 4.78 is 0. The van der Waals surface area contributed by atoms with Crippen molar-refractivity contribution in [3.8, 4) is 0 Å². The van der Waals surface area contributed by atoms with E-state index in [2.05, 4.69) is 22.4 Å². The van der Waals surface area contributed by atoms with Crippen LogP contribution in [0.3, 0.4) is 0 Å². The summed E-state index contributed by atoms with van der Waals surface area (Å²) in [5, 5.41) is 3.13. The van der Waals surface area contributed by atoms with Gasteiger partial charge in [-0.3, -0.25) is 9.79 Å². The zero-order valence-electron chi connectivity index (χ0n) is 11.8. The van der Waals surface area contributed by atoms with Gasteiger partial charge in [-0.05, 0) is 31.9 Å². The lowest BCUT2D eigenvalue weighted by Crippen LogP contribution is -2.21. The van der Waals surface area contributed by atoms with Crippen molar-refractivity contribution in [3.63, 3.8) is 0 Å². The number of rotatable bonds is 10. The van der Waals surface area contributed by atoms with E-state index in [1.807, 2.05) is 24.4 Å². The molecule has 0 amide bonds. The van der Waals surface area contributed by atoms with E-state index in [1.54, 1.807) is 6.92 Å². The second kappa shape index (κ2) is 10.4. The SMILES string of the molecule is CC(=O)CNCCCCCC/N=C/c1ccccc1. The van der Waals surface area contributed by atoms with Crippen molar-refractivity contribution >= 4 is 12.0 Å². The highest BCUT2D eigenvalue weighted by molar-refractivity contribution is 5.79. The van der Waals surface area contributed by atoms with E-state index in [4.69, 9.17) is 0 Å². The van der Waals surface area contributed by atoms with Crippen LogP contribution in [0.2, 0.25) is 0 Å². The van der Waals surface area contributed by atoms with E-state index in [0.29, 0.717) is 6.54 Å². The van der Waals surface area contributed by atoms with Gasteiger partial charge in [0.05, 0.1) is 6.54 Å². The maximum atomic E-state index is 10.7. The first-order valence-corrected chi connectivity index (χ1v) is 7.04. The minimum atomic E-state index is 0.204. The molecular formula is C16H24N2O. The molecule has 0 aromatic heterocycles. The molecule has 0 aliphatic rings. The number of aliphatic imine (C=N–C) groups is 1. The monoisotopic (exact) mass is 260 g/mol. The van der Waals surface area contributed by atoms with Crippen LogP contribution in [-0.2, 0) is 4.79 Å². The molecule has 0 atom stereocenters. The van der Waals surface area contributed by atoms with Crippen LogP contribution >= 0.6 is 0 Å². The molecule has 0 radical (unpaired) electrons. The molecule has 0 aliphatic carbocycles. The Labute approximate surface area is 116 Å². The molecule has 0 unspecified atom stereocenters. The zero-order valence-corrected chi connectivity index (χ0v) is 11.8. The highest BCUT2D eigenvalue weighted by atomic mass is 16.1. The largest absolute Gasteiger partial charge is 0.310 e. The topological polar surface area (TPSA) is 41.5 Å².